The molecule has 0 bridgehead atoms. The average Bonchev–Trinajstić information content (AvgIpc) is 2.89. The van der Waals surface area contributed by atoms with E-state index < -0.39 is 10.0 Å². The highest BCUT2D eigenvalue weighted by atomic mass is 32.2. The maximum absolute atomic E-state index is 13.1. The molecule has 0 unspecified atom stereocenters. The minimum Gasteiger partial charge on any atom is -0.384 e. The molecule has 0 spiro atoms. The van der Waals surface area contributed by atoms with Crippen molar-refractivity contribution >= 4 is 33.1 Å². The molecule has 0 aliphatic heterocycles. The summed E-state index contributed by atoms with van der Waals surface area (Å²) in [6.07, 6.45) is 5.96. The number of primary sulfonamides is 1. The molecular weight excluding hydrogens is 486 g/mol. The van der Waals surface area contributed by atoms with Gasteiger partial charge < -0.3 is 16.0 Å². The topological polar surface area (TPSA) is 142 Å². The van der Waals surface area contributed by atoms with Crippen molar-refractivity contribution in [3.05, 3.63) is 78.4 Å². The Balaban J connectivity index is 1.50. The van der Waals surface area contributed by atoms with Gasteiger partial charge in [0.05, 0.1) is 11.4 Å². The zero-order chi connectivity index (χ0) is 26.4. The molecule has 4 rings (SSSR count). The second-order valence-electron chi connectivity index (χ2n) is 9.52. The van der Waals surface area contributed by atoms with Gasteiger partial charge in [-0.15, -0.1) is 0 Å². The van der Waals surface area contributed by atoms with Crippen LogP contribution in [0.25, 0.3) is 11.1 Å². The molecule has 3 aromatic rings. The van der Waals surface area contributed by atoms with Crippen LogP contribution in [0.1, 0.15) is 37.7 Å². The highest BCUT2D eigenvalue weighted by Gasteiger charge is 2.20. The second kappa shape index (κ2) is 11.6. The van der Waals surface area contributed by atoms with Crippen LogP contribution in [0.2, 0.25) is 0 Å². The quantitative estimate of drug-likeness (QED) is 0.246. The Hall–Kier alpha value is -3.69. The first-order valence-corrected chi connectivity index (χ1v) is 14.0. The maximum Gasteiger partial charge on any atom is 0.243 e. The highest BCUT2D eigenvalue weighted by molar-refractivity contribution is 7.89. The van der Waals surface area contributed by atoms with Crippen LogP contribution in [0.4, 0.5) is 11.4 Å². The summed E-state index contributed by atoms with van der Waals surface area (Å²) in [5.74, 6) is 0.343. The van der Waals surface area contributed by atoms with E-state index in [1.54, 1.807) is 48.5 Å². The molecule has 0 atom stereocenters. The Labute approximate surface area is 218 Å². The fourth-order valence-corrected chi connectivity index (χ4v) is 5.63. The third-order valence-electron chi connectivity index (χ3n) is 6.73. The molecule has 1 aliphatic carbocycles. The predicted octanol–water partition coefficient (Wildman–Crippen LogP) is 4.31. The number of rotatable bonds is 9. The van der Waals surface area contributed by atoms with Gasteiger partial charge in [0.15, 0.2) is 0 Å². The number of nitrogens with zero attached hydrogens (tertiary/aromatic N) is 1. The predicted molar refractivity (Wildman–Crippen MR) is 148 cm³/mol. The van der Waals surface area contributed by atoms with Gasteiger partial charge >= 0.3 is 0 Å². The minimum absolute atomic E-state index is 0.00647. The molecule has 194 valence electrons. The summed E-state index contributed by atoms with van der Waals surface area (Å²) in [6, 6.07) is 21.0. The molecule has 0 aromatic heterocycles. The summed E-state index contributed by atoms with van der Waals surface area (Å²) >= 11 is 0. The third kappa shape index (κ3) is 6.96. The molecule has 1 saturated carbocycles. The van der Waals surface area contributed by atoms with E-state index in [0.29, 0.717) is 28.3 Å². The number of carbonyl (C=O) groups is 1. The van der Waals surface area contributed by atoms with Crippen LogP contribution in [0.5, 0.6) is 0 Å². The molecule has 1 fully saturated rings. The fourth-order valence-electron chi connectivity index (χ4n) is 4.87. The van der Waals surface area contributed by atoms with E-state index in [1.165, 1.54) is 25.3 Å². The third-order valence-corrected chi connectivity index (χ3v) is 7.70. The molecule has 1 aliphatic rings. The molecular formula is C28H33N5O3S. The smallest absolute Gasteiger partial charge is 0.243 e. The highest BCUT2D eigenvalue weighted by Crippen LogP contribution is 2.29. The monoisotopic (exact) mass is 519 g/mol. The summed E-state index contributed by atoms with van der Waals surface area (Å²) in [5, 5.41) is 16.1. The Morgan fingerprint density at radius 3 is 2.35 bits per heavy atom. The van der Waals surface area contributed by atoms with Gasteiger partial charge in [0.1, 0.15) is 5.84 Å². The number of benzene rings is 3. The average molecular weight is 520 g/mol. The molecule has 1 amide bonds. The lowest BCUT2D eigenvalue weighted by molar-refractivity contribution is -0.115. The summed E-state index contributed by atoms with van der Waals surface area (Å²) in [6.45, 7) is 0.923. The van der Waals surface area contributed by atoms with Crippen LogP contribution in [0, 0.1) is 11.3 Å². The molecule has 0 radical (unpaired) electrons. The van der Waals surface area contributed by atoms with E-state index in [-0.39, 0.29) is 23.2 Å². The van der Waals surface area contributed by atoms with Gasteiger partial charge in [-0.05, 0) is 54.7 Å². The van der Waals surface area contributed by atoms with Crippen LogP contribution in [-0.4, -0.2) is 33.3 Å². The van der Waals surface area contributed by atoms with Crippen molar-refractivity contribution in [3.63, 3.8) is 0 Å². The lowest BCUT2D eigenvalue weighted by Gasteiger charge is -2.31. The largest absolute Gasteiger partial charge is 0.384 e. The fraction of sp³-hybridized carbons (Fsp3) is 0.286. The van der Waals surface area contributed by atoms with Crippen molar-refractivity contribution in [1.29, 1.82) is 5.41 Å². The molecule has 9 heteroatoms. The van der Waals surface area contributed by atoms with Crippen molar-refractivity contribution in [2.24, 2.45) is 16.8 Å². The summed E-state index contributed by atoms with van der Waals surface area (Å²) in [4.78, 5) is 15.2. The van der Waals surface area contributed by atoms with Crippen LogP contribution in [-0.2, 0) is 14.8 Å². The first kappa shape index (κ1) is 26.4. The number of nitrogens with two attached hydrogens (primary N) is 2. The molecule has 0 heterocycles. The summed E-state index contributed by atoms with van der Waals surface area (Å²) < 4.78 is 23.9. The van der Waals surface area contributed by atoms with Crippen molar-refractivity contribution in [2.75, 3.05) is 23.3 Å². The number of hydrogen-bond acceptors (Lipinski definition) is 5. The number of sulfonamides is 1. The zero-order valence-electron chi connectivity index (χ0n) is 20.7. The van der Waals surface area contributed by atoms with E-state index in [1.807, 2.05) is 18.2 Å². The zero-order valence-corrected chi connectivity index (χ0v) is 21.5. The minimum atomic E-state index is -3.87. The van der Waals surface area contributed by atoms with E-state index in [4.69, 9.17) is 16.3 Å². The first-order chi connectivity index (χ1) is 17.7. The Morgan fingerprint density at radius 1 is 0.973 bits per heavy atom. The van der Waals surface area contributed by atoms with Crippen LogP contribution < -0.4 is 21.1 Å². The van der Waals surface area contributed by atoms with Crippen molar-refractivity contribution < 1.29 is 13.2 Å². The van der Waals surface area contributed by atoms with Gasteiger partial charge in [0.25, 0.3) is 0 Å². The number of nitrogen functional groups attached to an aromatic ring is 1. The van der Waals surface area contributed by atoms with Gasteiger partial charge in [-0.3, -0.25) is 10.2 Å². The van der Waals surface area contributed by atoms with Crippen LogP contribution >= 0.6 is 0 Å². The van der Waals surface area contributed by atoms with Gasteiger partial charge in [-0.2, -0.15) is 0 Å². The van der Waals surface area contributed by atoms with Gasteiger partial charge in [-0.25, -0.2) is 13.6 Å². The van der Waals surface area contributed by atoms with Crippen molar-refractivity contribution in [1.82, 2.24) is 0 Å². The molecule has 37 heavy (non-hydrogen) atoms. The van der Waals surface area contributed by atoms with Crippen molar-refractivity contribution in [2.45, 2.75) is 37.0 Å². The van der Waals surface area contributed by atoms with E-state index in [2.05, 4.69) is 10.2 Å². The Morgan fingerprint density at radius 2 is 1.68 bits per heavy atom. The SMILES string of the molecule is N=C(N)c1cccc(N(CC(=O)Nc2ccc(-c3ccccc3S(N)(=O)=O)cc2)CC2CCCCC2)c1. The lowest BCUT2D eigenvalue weighted by Crippen LogP contribution is -2.37. The molecule has 6 N–H and O–H groups in total. The number of carbonyl (C=O) groups excluding carboxylic acids is 1. The molecule has 3 aromatic carbocycles. The standard InChI is InChI=1S/C28H33N5O3S/c29-28(30)22-9-6-10-24(17-22)33(18-20-7-2-1-3-8-20)19-27(34)32-23-15-13-21(14-16-23)25-11-4-5-12-26(25)37(31,35)36/h4-6,9-17,20H,1-3,7-8,18-19H2,(H3,29,30)(H,32,34)(H2,31,35,36). The van der Waals surface area contributed by atoms with Gasteiger partial charge in [0, 0.05) is 29.0 Å². The number of hydrogen-bond donors (Lipinski definition) is 4. The second-order valence-corrected chi connectivity index (χ2v) is 11.0. The number of amides is 1. The maximum atomic E-state index is 13.1. The van der Waals surface area contributed by atoms with Crippen LogP contribution in [0.3, 0.4) is 0 Å². The lowest BCUT2D eigenvalue weighted by atomic mass is 9.89. The number of nitrogens with one attached hydrogen (secondary N) is 2. The normalized spacial score (nSPS) is 14.2. The van der Waals surface area contributed by atoms with Crippen LogP contribution in [0.15, 0.2) is 77.7 Å². The van der Waals surface area contributed by atoms with Crippen molar-refractivity contribution in [3.8, 4) is 11.1 Å². The summed E-state index contributed by atoms with van der Waals surface area (Å²) in [5.41, 5.74) is 8.99. The van der Waals surface area contributed by atoms with Gasteiger partial charge in [-0.1, -0.05) is 61.7 Å². The van der Waals surface area contributed by atoms with E-state index >= 15 is 0 Å². The summed E-state index contributed by atoms with van der Waals surface area (Å²) in [7, 11) is -3.87. The van der Waals surface area contributed by atoms with E-state index in [0.717, 1.165) is 25.1 Å². The Bertz CT molecular complexity index is 1370. The number of amidine groups is 1. The van der Waals surface area contributed by atoms with Gasteiger partial charge in [0.2, 0.25) is 15.9 Å². The Kier molecular flexibility index (Phi) is 8.25. The van der Waals surface area contributed by atoms with E-state index in [9.17, 15) is 13.2 Å². The molecule has 0 saturated heterocycles. The number of anilines is 2. The molecule has 8 nitrogen and oxygen atoms in total. The first-order valence-electron chi connectivity index (χ1n) is 12.4.